The van der Waals surface area contributed by atoms with E-state index in [1.807, 2.05) is 25.1 Å². The van der Waals surface area contributed by atoms with E-state index in [2.05, 4.69) is 35.8 Å². The van der Waals surface area contributed by atoms with Crippen LogP contribution in [0.4, 0.5) is 5.69 Å². The van der Waals surface area contributed by atoms with E-state index in [9.17, 15) is 13.2 Å². The van der Waals surface area contributed by atoms with Crippen LogP contribution in [-0.2, 0) is 16.4 Å². The van der Waals surface area contributed by atoms with Gasteiger partial charge in [-0.1, -0.05) is 50.2 Å². The van der Waals surface area contributed by atoms with Crippen LogP contribution in [-0.4, -0.2) is 30.4 Å². The highest BCUT2D eigenvalue weighted by atomic mass is 32.2. The van der Waals surface area contributed by atoms with Crippen LogP contribution in [0.25, 0.3) is 11.3 Å². The molecule has 6 nitrogen and oxygen atoms in total. The van der Waals surface area contributed by atoms with Crippen LogP contribution >= 0.6 is 0 Å². The Morgan fingerprint density at radius 3 is 2.20 bits per heavy atom. The number of nitrogens with zero attached hydrogens (tertiary/aromatic N) is 2. The third kappa shape index (κ3) is 5.57. The monoisotopic (exact) mass is 425 g/mol. The SMILES string of the molecule is CC(C)Cc1ccc(-c2ccn(C(=O)C(C)c3ccc(NS(C)(=O)=O)cc3)n2)cc1. The summed E-state index contributed by atoms with van der Waals surface area (Å²) in [6.45, 7) is 6.19. The lowest BCUT2D eigenvalue weighted by atomic mass is 10.0. The van der Waals surface area contributed by atoms with Gasteiger partial charge in [0.1, 0.15) is 0 Å². The van der Waals surface area contributed by atoms with Crippen molar-refractivity contribution in [3.05, 3.63) is 71.9 Å². The summed E-state index contributed by atoms with van der Waals surface area (Å²) in [4.78, 5) is 12.9. The Morgan fingerprint density at radius 2 is 1.63 bits per heavy atom. The Morgan fingerprint density at radius 1 is 1.00 bits per heavy atom. The van der Waals surface area contributed by atoms with Gasteiger partial charge in [-0.2, -0.15) is 5.10 Å². The molecule has 0 aliphatic rings. The van der Waals surface area contributed by atoms with E-state index in [0.29, 0.717) is 11.6 Å². The molecule has 3 aromatic rings. The topological polar surface area (TPSA) is 81.1 Å². The molecular weight excluding hydrogens is 398 g/mol. The van der Waals surface area contributed by atoms with Gasteiger partial charge in [-0.3, -0.25) is 9.52 Å². The molecule has 0 spiro atoms. The molecular formula is C23H27N3O3S. The Labute approximate surface area is 178 Å². The van der Waals surface area contributed by atoms with Crippen LogP contribution in [0.2, 0.25) is 0 Å². The molecule has 1 N–H and O–H groups in total. The van der Waals surface area contributed by atoms with Gasteiger partial charge >= 0.3 is 0 Å². The Kier molecular flexibility index (Phi) is 6.41. The Bertz CT molecular complexity index is 1120. The summed E-state index contributed by atoms with van der Waals surface area (Å²) in [5, 5.41) is 4.46. The van der Waals surface area contributed by atoms with Crippen molar-refractivity contribution in [2.75, 3.05) is 11.0 Å². The van der Waals surface area contributed by atoms with E-state index >= 15 is 0 Å². The molecule has 0 amide bonds. The van der Waals surface area contributed by atoms with E-state index in [0.717, 1.165) is 29.5 Å². The van der Waals surface area contributed by atoms with Gasteiger partial charge in [-0.25, -0.2) is 13.1 Å². The first kappa shape index (κ1) is 21.8. The van der Waals surface area contributed by atoms with Crippen LogP contribution in [0.15, 0.2) is 60.8 Å². The van der Waals surface area contributed by atoms with E-state index < -0.39 is 15.9 Å². The number of carbonyl (C=O) groups excluding carboxylic acids is 1. The molecule has 1 unspecified atom stereocenters. The largest absolute Gasteiger partial charge is 0.284 e. The summed E-state index contributed by atoms with van der Waals surface area (Å²) in [5.41, 5.74) is 4.25. The zero-order valence-corrected chi connectivity index (χ0v) is 18.5. The van der Waals surface area contributed by atoms with Crippen molar-refractivity contribution in [3.63, 3.8) is 0 Å². The number of sulfonamides is 1. The predicted octanol–water partition coefficient (Wildman–Crippen LogP) is 4.56. The molecule has 158 valence electrons. The molecule has 0 bridgehead atoms. The van der Waals surface area contributed by atoms with Gasteiger partial charge in [0.25, 0.3) is 5.91 Å². The van der Waals surface area contributed by atoms with E-state index in [-0.39, 0.29) is 5.91 Å². The molecule has 0 fully saturated rings. The van der Waals surface area contributed by atoms with Crippen LogP contribution < -0.4 is 4.72 Å². The number of aromatic nitrogens is 2. The van der Waals surface area contributed by atoms with E-state index in [1.54, 1.807) is 30.5 Å². The number of hydrogen-bond donors (Lipinski definition) is 1. The van der Waals surface area contributed by atoms with Gasteiger partial charge in [0, 0.05) is 17.4 Å². The lowest BCUT2D eigenvalue weighted by Crippen LogP contribution is -2.18. The van der Waals surface area contributed by atoms with Gasteiger partial charge < -0.3 is 0 Å². The number of carbonyl (C=O) groups is 1. The Balaban J connectivity index is 1.72. The van der Waals surface area contributed by atoms with Crippen LogP contribution in [0.3, 0.4) is 0 Å². The second-order valence-electron chi connectivity index (χ2n) is 8.00. The van der Waals surface area contributed by atoms with Crippen molar-refractivity contribution in [2.45, 2.75) is 33.1 Å². The lowest BCUT2D eigenvalue weighted by Gasteiger charge is -2.12. The molecule has 0 radical (unpaired) electrons. The molecule has 3 rings (SSSR count). The molecule has 0 aliphatic heterocycles. The van der Waals surface area contributed by atoms with Gasteiger partial charge in [-0.05, 0) is 48.6 Å². The molecule has 7 heteroatoms. The van der Waals surface area contributed by atoms with Crippen molar-refractivity contribution in [3.8, 4) is 11.3 Å². The standard InChI is InChI=1S/C23H27N3O3S/c1-16(2)15-18-5-7-20(8-6-18)22-13-14-26(24-22)23(27)17(3)19-9-11-21(12-10-19)25-30(4,28)29/h5-14,16-17,25H,15H2,1-4H3. The molecule has 1 heterocycles. The molecule has 0 saturated heterocycles. The van der Waals surface area contributed by atoms with Gasteiger partial charge in [0.05, 0.1) is 17.9 Å². The second kappa shape index (κ2) is 8.83. The van der Waals surface area contributed by atoms with Crippen LogP contribution in [0, 0.1) is 5.92 Å². The first-order valence-corrected chi connectivity index (χ1v) is 11.8. The average Bonchev–Trinajstić information content (AvgIpc) is 3.16. The zero-order chi connectivity index (χ0) is 21.9. The number of nitrogens with one attached hydrogen (secondary N) is 1. The van der Waals surface area contributed by atoms with Crippen LogP contribution in [0.1, 0.15) is 42.6 Å². The zero-order valence-electron chi connectivity index (χ0n) is 17.7. The van der Waals surface area contributed by atoms with Gasteiger partial charge in [0.2, 0.25) is 10.0 Å². The number of hydrogen-bond acceptors (Lipinski definition) is 4. The normalized spacial score (nSPS) is 12.7. The fourth-order valence-corrected chi connectivity index (χ4v) is 3.84. The summed E-state index contributed by atoms with van der Waals surface area (Å²) in [6, 6.07) is 16.9. The molecule has 1 atom stereocenters. The summed E-state index contributed by atoms with van der Waals surface area (Å²) >= 11 is 0. The maximum atomic E-state index is 12.9. The summed E-state index contributed by atoms with van der Waals surface area (Å²) in [5.74, 6) is 0.0327. The van der Waals surface area contributed by atoms with Crippen molar-refractivity contribution in [2.24, 2.45) is 5.92 Å². The summed E-state index contributed by atoms with van der Waals surface area (Å²) < 4.78 is 26.4. The highest BCUT2D eigenvalue weighted by Gasteiger charge is 2.19. The third-order valence-electron chi connectivity index (χ3n) is 4.79. The third-order valence-corrected chi connectivity index (χ3v) is 5.40. The van der Waals surface area contributed by atoms with Gasteiger partial charge in [0.15, 0.2) is 0 Å². The first-order valence-electron chi connectivity index (χ1n) is 9.89. The minimum atomic E-state index is -3.33. The number of anilines is 1. The minimum absolute atomic E-state index is 0.151. The van der Waals surface area contributed by atoms with Gasteiger partial charge in [-0.15, -0.1) is 0 Å². The number of rotatable bonds is 7. The molecule has 0 aliphatic carbocycles. The highest BCUT2D eigenvalue weighted by Crippen LogP contribution is 2.23. The molecule has 1 aromatic heterocycles. The smallest absolute Gasteiger partial charge is 0.254 e. The molecule has 30 heavy (non-hydrogen) atoms. The van der Waals surface area contributed by atoms with E-state index in [1.165, 1.54) is 10.2 Å². The molecule has 2 aromatic carbocycles. The lowest BCUT2D eigenvalue weighted by molar-refractivity contribution is 0.0868. The number of benzene rings is 2. The predicted molar refractivity (Wildman–Crippen MR) is 120 cm³/mol. The maximum Gasteiger partial charge on any atom is 0.254 e. The second-order valence-corrected chi connectivity index (χ2v) is 9.75. The van der Waals surface area contributed by atoms with Crippen molar-refractivity contribution in [1.29, 1.82) is 0 Å². The first-order chi connectivity index (χ1) is 14.1. The van der Waals surface area contributed by atoms with Crippen LogP contribution in [0.5, 0.6) is 0 Å². The minimum Gasteiger partial charge on any atom is -0.284 e. The summed E-state index contributed by atoms with van der Waals surface area (Å²) in [6.07, 6.45) is 3.80. The van der Waals surface area contributed by atoms with E-state index in [4.69, 9.17) is 0 Å². The average molecular weight is 426 g/mol. The van der Waals surface area contributed by atoms with Crippen molar-refractivity contribution in [1.82, 2.24) is 9.78 Å². The quantitative estimate of drug-likeness (QED) is 0.601. The van der Waals surface area contributed by atoms with Crippen molar-refractivity contribution >= 4 is 21.6 Å². The highest BCUT2D eigenvalue weighted by molar-refractivity contribution is 7.92. The maximum absolute atomic E-state index is 12.9. The fourth-order valence-electron chi connectivity index (χ4n) is 3.28. The fraction of sp³-hybridized carbons (Fsp3) is 0.304. The Hall–Kier alpha value is -2.93. The summed E-state index contributed by atoms with van der Waals surface area (Å²) in [7, 11) is -3.33. The molecule has 0 saturated carbocycles. The van der Waals surface area contributed by atoms with Crippen molar-refractivity contribution < 1.29 is 13.2 Å².